The summed E-state index contributed by atoms with van der Waals surface area (Å²) in [7, 11) is 6.17. The molecule has 0 heterocycles. The quantitative estimate of drug-likeness (QED) is 0.365. The average molecular weight is 415 g/mol. The second kappa shape index (κ2) is 11.3. The number of benzene rings is 2. The highest BCUT2D eigenvalue weighted by atomic mass is 16.5. The SMILES string of the molecule is COc1ccc(OC)c(/C=N\NC(=O)C(=O)NCCc2ccc(OC)c(OC)c2)c1. The van der Waals surface area contributed by atoms with E-state index in [4.69, 9.17) is 18.9 Å². The van der Waals surface area contributed by atoms with Gasteiger partial charge in [-0.1, -0.05) is 6.07 Å². The number of hydrogen-bond donors (Lipinski definition) is 2. The molecule has 2 aromatic rings. The van der Waals surface area contributed by atoms with Crippen LogP contribution in [0.1, 0.15) is 11.1 Å². The number of carbonyl (C=O) groups is 2. The van der Waals surface area contributed by atoms with Gasteiger partial charge in [0.2, 0.25) is 0 Å². The molecule has 2 aromatic carbocycles. The topological polar surface area (TPSA) is 107 Å². The van der Waals surface area contributed by atoms with Crippen LogP contribution in [0.25, 0.3) is 0 Å². The molecule has 0 aliphatic heterocycles. The minimum Gasteiger partial charge on any atom is -0.497 e. The first-order chi connectivity index (χ1) is 14.5. The largest absolute Gasteiger partial charge is 0.497 e. The smallest absolute Gasteiger partial charge is 0.329 e. The molecule has 160 valence electrons. The van der Waals surface area contributed by atoms with Gasteiger partial charge < -0.3 is 24.3 Å². The summed E-state index contributed by atoms with van der Waals surface area (Å²) in [6.45, 7) is 0.273. The molecule has 0 unspecified atom stereocenters. The van der Waals surface area contributed by atoms with Crippen LogP contribution in [0.5, 0.6) is 23.0 Å². The molecular weight excluding hydrogens is 390 g/mol. The lowest BCUT2D eigenvalue weighted by Crippen LogP contribution is -2.38. The van der Waals surface area contributed by atoms with Crippen molar-refractivity contribution < 1.29 is 28.5 Å². The van der Waals surface area contributed by atoms with Crippen molar-refractivity contribution in [3.05, 3.63) is 47.5 Å². The zero-order valence-corrected chi connectivity index (χ0v) is 17.4. The first-order valence-corrected chi connectivity index (χ1v) is 9.06. The van der Waals surface area contributed by atoms with Gasteiger partial charge in [-0.2, -0.15) is 5.10 Å². The third kappa shape index (κ3) is 6.13. The molecule has 2 amide bonds. The van der Waals surface area contributed by atoms with Gasteiger partial charge in [-0.25, -0.2) is 5.43 Å². The van der Waals surface area contributed by atoms with E-state index in [9.17, 15) is 9.59 Å². The van der Waals surface area contributed by atoms with Crippen LogP contribution in [0.4, 0.5) is 0 Å². The fraction of sp³-hybridized carbons (Fsp3) is 0.286. The Kier molecular flexibility index (Phi) is 8.49. The molecule has 0 saturated carbocycles. The molecule has 30 heavy (non-hydrogen) atoms. The third-order valence-electron chi connectivity index (χ3n) is 4.16. The van der Waals surface area contributed by atoms with Crippen LogP contribution in [0.2, 0.25) is 0 Å². The molecule has 0 fully saturated rings. The molecular formula is C21H25N3O6. The van der Waals surface area contributed by atoms with Crippen molar-refractivity contribution in [2.75, 3.05) is 35.0 Å². The van der Waals surface area contributed by atoms with Crippen molar-refractivity contribution in [3.8, 4) is 23.0 Å². The van der Waals surface area contributed by atoms with E-state index in [1.807, 2.05) is 12.1 Å². The number of nitrogens with zero attached hydrogens (tertiary/aromatic N) is 1. The van der Waals surface area contributed by atoms with Crippen LogP contribution in [0, 0.1) is 0 Å². The summed E-state index contributed by atoms with van der Waals surface area (Å²) in [4.78, 5) is 23.8. The first kappa shape index (κ1) is 22.5. The van der Waals surface area contributed by atoms with Crippen LogP contribution >= 0.6 is 0 Å². The Labute approximate surface area is 175 Å². The number of ether oxygens (including phenoxy) is 4. The molecule has 0 aromatic heterocycles. The standard InChI is InChI=1S/C21H25N3O6/c1-27-16-6-8-17(28-2)15(12-16)13-23-24-21(26)20(25)22-10-9-14-5-7-18(29-3)19(11-14)30-4/h5-8,11-13H,9-10H2,1-4H3,(H,22,25)(H,24,26)/b23-13-. The number of hydrogen-bond acceptors (Lipinski definition) is 7. The van der Waals surface area contributed by atoms with E-state index < -0.39 is 11.8 Å². The second-order valence-corrected chi connectivity index (χ2v) is 6.00. The number of nitrogens with one attached hydrogen (secondary N) is 2. The Morgan fingerprint density at radius 1 is 0.867 bits per heavy atom. The van der Waals surface area contributed by atoms with Gasteiger partial charge in [0.15, 0.2) is 11.5 Å². The predicted molar refractivity (Wildman–Crippen MR) is 112 cm³/mol. The van der Waals surface area contributed by atoms with Gasteiger partial charge in [0.05, 0.1) is 34.7 Å². The summed E-state index contributed by atoms with van der Waals surface area (Å²) in [6.07, 6.45) is 1.89. The van der Waals surface area contributed by atoms with Crippen molar-refractivity contribution in [2.24, 2.45) is 5.10 Å². The second-order valence-electron chi connectivity index (χ2n) is 6.00. The zero-order valence-electron chi connectivity index (χ0n) is 17.4. The maximum Gasteiger partial charge on any atom is 0.329 e. The fourth-order valence-electron chi connectivity index (χ4n) is 2.59. The molecule has 0 radical (unpaired) electrons. The number of rotatable bonds is 9. The van der Waals surface area contributed by atoms with Crippen molar-refractivity contribution in [1.82, 2.24) is 10.7 Å². The minimum atomic E-state index is -0.875. The highest BCUT2D eigenvalue weighted by molar-refractivity contribution is 6.35. The van der Waals surface area contributed by atoms with E-state index >= 15 is 0 Å². The zero-order chi connectivity index (χ0) is 21.9. The summed E-state index contributed by atoms with van der Waals surface area (Å²) in [6, 6.07) is 10.6. The highest BCUT2D eigenvalue weighted by Gasteiger charge is 2.12. The number of carbonyl (C=O) groups excluding carboxylic acids is 2. The van der Waals surface area contributed by atoms with E-state index in [-0.39, 0.29) is 6.54 Å². The summed E-state index contributed by atoms with van der Waals surface area (Å²) < 4.78 is 20.8. The van der Waals surface area contributed by atoms with Gasteiger partial charge in [0.1, 0.15) is 11.5 Å². The highest BCUT2D eigenvalue weighted by Crippen LogP contribution is 2.27. The van der Waals surface area contributed by atoms with Gasteiger partial charge in [0, 0.05) is 12.1 Å². The van der Waals surface area contributed by atoms with E-state index in [1.165, 1.54) is 20.4 Å². The maximum atomic E-state index is 11.9. The summed E-state index contributed by atoms with van der Waals surface area (Å²) >= 11 is 0. The van der Waals surface area contributed by atoms with Crippen molar-refractivity contribution in [1.29, 1.82) is 0 Å². The number of amides is 2. The normalized spacial score (nSPS) is 10.4. The Hall–Kier alpha value is -3.75. The molecule has 0 atom stereocenters. The van der Waals surface area contributed by atoms with Crippen molar-refractivity contribution in [3.63, 3.8) is 0 Å². The third-order valence-corrected chi connectivity index (χ3v) is 4.16. The molecule has 0 aliphatic rings. The molecule has 0 spiro atoms. The Bertz CT molecular complexity index is 914. The lowest BCUT2D eigenvalue weighted by Gasteiger charge is -2.10. The molecule has 2 rings (SSSR count). The maximum absolute atomic E-state index is 11.9. The van der Waals surface area contributed by atoms with E-state index in [2.05, 4.69) is 15.8 Å². The number of hydrazone groups is 1. The Balaban J connectivity index is 1.85. The predicted octanol–water partition coefficient (Wildman–Crippen LogP) is 1.53. The molecule has 9 nitrogen and oxygen atoms in total. The fourth-order valence-corrected chi connectivity index (χ4v) is 2.59. The van der Waals surface area contributed by atoms with E-state index in [0.29, 0.717) is 35.0 Å². The monoisotopic (exact) mass is 415 g/mol. The lowest BCUT2D eigenvalue weighted by molar-refractivity contribution is -0.139. The summed E-state index contributed by atoms with van der Waals surface area (Å²) in [5, 5.41) is 6.35. The Morgan fingerprint density at radius 3 is 2.23 bits per heavy atom. The Morgan fingerprint density at radius 2 is 1.57 bits per heavy atom. The van der Waals surface area contributed by atoms with Gasteiger partial charge >= 0.3 is 11.8 Å². The van der Waals surface area contributed by atoms with E-state index in [1.54, 1.807) is 38.5 Å². The molecule has 2 N–H and O–H groups in total. The number of methoxy groups -OCH3 is 4. The molecule has 9 heteroatoms. The molecule has 0 bridgehead atoms. The van der Waals surface area contributed by atoms with Crippen LogP contribution < -0.4 is 29.7 Å². The van der Waals surface area contributed by atoms with Gasteiger partial charge in [-0.05, 0) is 42.3 Å². The van der Waals surface area contributed by atoms with Crippen LogP contribution in [0.15, 0.2) is 41.5 Å². The minimum absolute atomic E-state index is 0.273. The summed E-state index contributed by atoms with van der Waals surface area (Å²) in [5.41, 5.74) is 3.70. The van der Waals surface area contributed by atoms with Crippen LogP contribution in [0.3, 0.4) is 0 Å². The van der Waals surface area contributed by atoms with Gasteiger partial charge in [-0.15, -0.1) is 0 Å². The lowest BCUT2D eigenvalue weighted by atomic mass is 10.1. The molecule has 0 aliphatic carbocycles. The van der Waals surface area contributed by atoms with Gasteiger partial charge in [-0.3, -0.25) is 9.59 Å². The molecule has 0 saturated heterocycles. The van der Waals surface area contributed by atoms with Crippen LogP contribution in [-0.4, -0.2) is 53.0 Å². The van der Waals surface area contributed by atoms with Gasteiger partial charge in [0.25, 0.3) is 0 Å². The van der Waals surface area contributed by atoms with Crippen LogP contribution in [-0.2, 0) is 16.0 Å². The van der Waals surface area contributed by atoms with E-state index in [0.717, 1.165) is 5.56 Å². The first-order valence-electron chi connectivity index (χ1n) is 9.06. The average Bonchev–Trinajstić information content (AvgIpc) is 2.78. The van der Waals surface area contributed by atoms with Crippen molar-refractivity contribution in [2.45, 2.75) is 6.42 Å². The summed E-state index contributed by atoms with van der Waals surface area (Å²) in [5.74, 6) is 0.715. The van der Waals surface area contributed by atoms with Crippen molar-refractivity contribution >= 4 is 18.0 Å².